The molecule has 0 aliphatic heterocycles. The van der Waals surface area contributed by atoms with Crippen molar-refractivity contribution in [1.29, 1.82) is 0 Å². The Morgan fingerprint density at radius 3 is 2.62 bits per heavy atom. The molecular weight excluding hydrogens is 170 g/mol. The van der Waals surface area contributed by atoms with Gasteiger partial charge in [0.15, 0.2) is 6.04 Å². The van der Waals surface area contributed by atoms with Gasteiger partial charge in [-0.05, 0) is 25.9 Å². The van der Waals surface area contributed by atoms with Gasteiger partial charge in [-0.1, -0.05) is 0 Å². The minimum atomic E-state index is -0.177. The van der Waals surface area contributed by atoms with E-state index in [-0.39, 0.29) is 12.6 Å². The van der Waals surface area contributed by atoms with Gasteiger partial charge in [0.25, 0.3) is 5.69 Å². The van der Waals surface area contributed by atoms with Gasteiger partial charge in [0.05, 0.1) is 0 Å². The first-order valence-corrected chi connectivity index (χ1v) is 4.19. The van der Waals surface area contributed by atoms with Crippen molar-refractivity contribution in [2.45, 2.75) is 33.4 Å². The number of H-pyrrole nitrogens is 1. The molecule has 0 fully saturated rings. The maximum atomic E-state index is 10.4. The van der Waals surface area contributed by atoms with Gasteiger partial charge in [0, 0.05) is 0 Å². The van der Waals surface area contributed by atoms with Gasteiger partial charge >= 0.3 is 0 Å². The lowest BCUT2D eigenvalue weighted by atomic mass is 10.3. The van der Waals surface area contributed by atoms with Crippen molar-refractivity contribution in [3.8, 4) is 0 Å². The maximum Gasteiger partial charge on any atom is 0.262 e. The molecule has 2 N–H and O–H groups in total. The number of hydrogen-bond acceptors (Lipinski definition) is 3. The van der Waals surface area contributed by atoms with Crippen molar-refractivity contribution >= 4 is 5.69 Å². The molecule has 0 atom stereocenters. The summed E-state index contributed by atoms with van der Waals surface area (Å²) in [5.41, 5.74) is 1.55. The third-order valence-corrected chi connectivity index (χ3v) is 1.96. The van der Waals surface area contributed by atoms with E-state index in [0.29, 0.717) is 17.1 Å². The molecule has 13 heavy (non-hydrogen) atoms. The number of nitroso groups, excluding NO2 is 1. The van der Waals surface area contributed by atoms with E-state index < -0.39 is 0 Å². The normalized spacial score (nSPS) is 10.8. The molecule has 0 aliphatic rings. The monoisotopic (exact) mass is 184 g/mol. The van der Waals surface area contributed by atoms with Crippen LogP contribution in [0.1, 0.15) is 31.3 Å². The zero-order valence-corrected chi connectivity index (χ0v) is 8.03. The fraction of sp³-hybridized carbons (Fsp3) is 0.625. The second-order valence-electron chi connectivity index (χ2n) is 3.25. The van der Waals surface area contributed by atoms with Crippen LogP contribution in [0.25, 0.3) is 0 Å². The molecule has 0 aliphatic carbocycles. The second-order valence-corrected chi connectivity index (χ2v) is 3.25. The topological polar surface area (TPSA) is 69.3 Å². The third kappa shape index (κ3) is 1.60. The van der Waals surface area contributed by atoms with Crippen LogP contribution in [0, 0.1) is 11.8 Å². The van der Waals surface area contributed by atoms with Gasteiger partial charge in [-0.3, -0.25) is 0 Å². The van der Waals surface area contributed by atoms with E-state index in [0.717, 1.165) is 0 Å². The van der Waals surface area contributed by atoms with Crippen LogP contribution in [-0.2, 0) is 6.61 Å². The molecule has 5 heteroatoms. The minimum Gasteiger partial charge on any atom is -0.385 e. The molecule has 0 saturated carbocycles. The number of aromatic nitrogens is 2. The molecule has 0 aromatic carbocycles. The van der Waals surface area contributed by atoms with Gasteiger partial charge in [-0.15, -0.1) is 9.59 Å². The number of aliphatic hydroxyl groups excluding tert-OH is 1. The number of nitrogens with one attached hydrogen (secondary N) is 1. The highest BCUT2D eigenvalue weighted by Crippen LogP contribution is 2.20. The average molecular weight is 184 g/mol. The van der Waals surface area contributed by atoms with Crippen LogP contribution in [0.2, 0.25) is 0 Å². The van der Waals surface area contributed by atoms with Gasteiger partial charge in [-0.2, -0.15) is 5.10 Å². The van der Waals surface area contributed by atoms with Crippen molar-refractivity contribution < 1.29 is 9.79 Å². The summed E-state index contributed by atoms with van der Waals surface area (Å²) in [6, 6.07) is 0.177. The predicted molar refractivity (Wildman–Crippen MR) is 47.5 cm³/mol. The number of aryl methyl sites for hydroxylation is 1. The summed E-state index contributed by atoms with van der Waals surface area (Å²) >= 11 is 0. The largest absolute Gasteiger partial charge is 0.385 e. The first-order valence-electron chi connectivity index (χ1n) is 4.19. The van der Waals surface area contributed by atoms with Crippen LogP contribution in [0.5, 0.6) is 0 Å². The van der Waals surface area contributed by atoms with E-state index in [2.05, 4.69) is 10.3 Å². The van der Waals surface area contributed by atoms with Crippen molar-refractivity contribution in [2.75, 3.05) is 0 Å². The Bertz CT molecular complexity index is 317. The minimum absolute atomic E-state index is 0.177. The Labute approximate surface area is 76.4 Å². The highest BCUT2D eigenvalue weighted by atomic mass is 16.3. The first-order chi connectivity index (χ1) is 6.11. The van der Waals surface area contributed by atoms with Crippen molar-refractivity contribution in [3.63, 3.8) is 0 Å². The number of nitrogens with zero attached hydrogens (tertiary/aromatic N) is 2. The number of hydrogen-bond donors (Lipinski definition) is 2. The molecule has 1 aromatic heterocycles. The fourth-order valence-corrected chi connectivity index (χ4v) is 1.34. The molecule has 5 nitrogen and oxygen atoms in total. The Morgan fingerprint density at radius 2 is 2.23 bits per heavy atom. The highest BCUT2D eigenvalue weighted by Gasteiger charge is 2.25. The van der Waals surface area contributed by atoms with E-state index in [1.165, 1.54) is 0 Å². The molecule has 0 spiro atoms. The average Bonchev–Trinajstić information content (AvgIpc) is 2.41. The summed E-state index contributed by atoms with van der Waals surface area (Å²) in [6.45, 7) is 5.51. The van der Waals surface area contributed by atoms with Crippen molar-refractivity contribution in [3.05, 3.63) is 16.3 Å². The number of rotatable bonds is 3. The van der Waals surface area contributed by atoms with E-state index in [1.54, 1.807) is 11.6 Å². The van der Waals surface area contributed by atoms with Crippen LogP contribution < -0.4 is 4.68 Å². The van der Waals surface area contributed by atoms with E-state index in [9.17, 15) is 4.91 Å². The highest BCUT2D eigenvalue weighted by molar-refractivity contribution is 5.42. The first kappa shape index (κ1) is 9.85. The fourth-order valence-electron chi connectivity index (χ4n) is 1.34. The Kier molecular flexibility index (Phi) is 2.77. The predicted octanol–water partition coefficient (Wildman–Crippen LogP) is 1.08. The Balaban J connectivity index is 3.29. The Hall–Kier alpha value is -1.23. The van der Waals surface area contributed by atoms with Gasteiger partial charge in [0.1, 0.15) is 12.3 Å². The van der Waals surface area contributed by atoms with Gasteiger partial charge in [-0.25, -0.2) is 0 Å². The third-order valence-electron chi connectivity index (χ3n) is 1.96. The lowest BCUT2D eigenvalue weighted by Crippen LogP contribution is -2.41. The van der Waals surface area contributed by atoms with E-state index >= 15 is 0 Å². The lowest BCUT2D eigenvalue weighted by Gasteiger charge is -1.97. The zero-order valence-electron chi connectivity index (χ0n) is 8.03. The molecule has 0 amide bonds. The molecule has 0 bridgehead atoms. The van der Waals surface area contributed by atoms with Crippen LogP contribution in [0.15, 0.2) is 5.18 Å². The van der Waals surface area contributed by atoms with Crippen LogP contribution >= 0.6 is 0 Å². The van der Waals surface area contributed by atoms with Crippen LogP contribution in [-0.4, -0.2) is 10.2 Å². The molecule has 0 unspecified atom stereocenters. The molecule has 72 valence electrons. The molecular formula is C8H14N3O2+. The molecule has 1 rings (SSSR count). The SMILES string of the molecule is Cc1[nH][n+](C(C)C)c(CO)c1N=O. The maximum absolute atomic E-state index is 10.4. The zero-order chi connectivity index (χ0) is 10.0. The molecule has 1 heterocycles. The van der Waals surface area contributed by atoms with Gasteiger partial charge < -0.3 is 5.11 Å². The molecule has 0 radical (unpaired) electrons. The van der Waals surface area contributed by atoms with E-state index in [4.69, 9.17) is 5.11 Å². The van der Waals surface area contributed by atoms with Gasteiger partial charge in [0.2, 0.25) is 5.69 Å². The molecule has 0 saturated heterocycles. The Morgan fingerprint density at radius 1 is 1.62 bits per heavy atom. The lowest BCUT2D eigenvalue weighted by molar-refractivity contribution is -0.775. The van der Waals surface area contributed by atoms with Crippen molar-refractivity contribution in [1.82, 2.24) is 5.10 Å². The van der Waals surface area contributed by atoms with E-state index in [1.807, 2.05) is 13.8 Å². The summed E-state index contributed by atoms with van der Waals surface area (Å²) in [5, 5.41) is 14.9. The summed E-state index contributed by atoms with van der Waals surface area (Å²) in [5.74, 6) is 0. The summed E-state index contributed by atoms with van der Waals surface area (Å²) in [7, 11) is 0. The van der Waals surface area contributed by atoms with Crippen molar-refractivity contribution in [2.24, 2.45) is 5.18 Å². The second kappa shape index (κ2) is 3.66. The molecule has 1 aromatic rings. The summed E-state index contributed by atoms with van der Waals surface area (Å²) < 4.78 is 1.74. The summed E-state index contributed by atoms with van der Waals surface area (Å²) in [4.78, 5) is 10.4. The number of aliphatic hydroxyl groups is 1. The van der Waals surface area contributed by atoms with Crippen LogP contribution in [0.4, 0.5) is 5.69 Å². The smallest absolute Gasteiger partial charge is 0.262 e. The summed E-state index contributed by atoms with van der Waals surface area (Å²) in [6.07, 6.45) is 0. The quantitative estimate of drug-likeness (QED) is 0.545. The number of aromatic amines is 1. The van der Waals surface area contributed by atoms with Crippen LogP contribution in [0.3, 0.4) is 0 Å². The standard InChI is InChI=1S/C8H13N3O2/c1-5(2)11-7(4-12)8(10-13)6(3)9-11/h5,12H,4H2,1-3H3/p+1.